The number of nitrogens with two attached hydrogens (primary N) is 1. The van der Waals surface area contributed by atoms with E-state index in [0.29, 0.717) is 6.42 Å². The van der Waals surface area contributed by atoms with Crippen molar-refractivity contribution in [2.24, 2.45) is 5.73 Å². The van der Waals surface area contributed by atoms with Gasteiger partial charge in [0.05, 0.1) is 18.7 Å². The molecule has 0 fully saturated rings. The highest BCUT2D eigenvalue weighted by Crippen LogP contribution is 2.27. The van der Waals surface area contributed by atoms with Crippen molar-refractivity contribution in [3.05, 3.63) is 30.0 Å². The van der Waals surface area contributed by atoms with E-state index in [1.165, 1.54) is 0 Å². The quantitative estimate of drug-likeness (QED) is 0.888. The first-order valence-electron chi connectivity index (χ1n) is 7.60. The molecule has 1 atom stereocenters. The fourth-order valence-corrected chi connectivity index (χ4v) is 2.48. The third-order valence-electron chi connectivity index (χ3n) is 3.92. The number of methoxy groups -OCH3 is 1. The lowest BCUT2D eigenvalue weighted by atomic mass is 10.1. The van der Waals surface area contributed by atoms with Gasteiger partial charge in [-0.1, -0.05) is 6.92 Å². The number of nitrogens with zero attached hydrogens (tertiary/aromatic N) is 2. The molecule has 0 saturated heterocycles. The van der Waals surface area contributed by atoms with Crippen molar-refractivity contribution in [1.29, 1.82) is 0 Å². The summed E-state index contributed by atoms with van der Waals surface area (Å²) >= 11 is 0. The number of hydrogen-bond acceptors (Lipinski definition) is 4. The Bertz CT molecular complexity index is 661. The predicted molar refractivity (Wildman–Crippen MR) is 89.6 cm³/mol. The molecule has 2 aromatic rings. The van der Waals surface area contributed by atoms with E-state index in [1.807, 2.05) is 45.4 Å². The van der Waals surface area contributed by atoms with Gasteiger partial charge in [0.25, 0.3) is 0 Å². The van der Waals surface area contributed by atoms with Gasteiger partial charge in [0.2, 0.25) is 5.91 Å². The van der Waals surface area contributed by atoms with Crippen LogP contribution in [0.3, 0.4) is 0 Å². The molecule has 2 rings (SSSR count). The van der Waals surface area contributed by atoms with Gasteiger partial charge in [-0.3, -0.25) is 9.36 Å². The Morgan fingerprint density at radius 1 is 1.41 bits per heavy atom. The summed E-state index contributed by atoms with van der Waals surface area (Å²) in [7, 11) is 5.73. The number of fused-ring (bicyclic) bond motifs is 1. The summed E-state index contributed by atoms with van der Waals surface area (Å²) in [5.74, 6) is 0.734. The third kappa shape index (κ3) is 3.31. The Kier molecular flexibility index (Phi) is 5.21. The van der Waals surface area contributed by atoms with Crippen molar-refractivity contribution in [1.82, 2.24) is 9.47 Å². The van der Waals surface area contributed by atoms with Gasteiger partial charge < -0.3 is 15.4 Å². The van der Waals surface area contributed by atoms with Crippen LogP contribution in [0.2, 0.25) is 0 Å². The molecule has 1 aromatic heterocycles. The second-order valence-corrected chi connectivity index (χ2v) is 5.81. The first-order valence-corrected chi connectivity index (χ1v) is 7.60. The summed E-state index contributed by atoms with van der Waals surface area (Å²) in [4.78, 5) is 14.6. The largest absolute Gasteiger partial charge is 0.497 e. The Hall–Kier alpha value is -1.85. The lowest BCUT2D eigenvalue weighted by Gasteiger charge is -2.09. The standard InChI is InChI=1S/C17H25N3O2/c1-5-15(18)17(21)20-11-12(8-9-19(2)3)14-10-13(22-4)6-7-16(14)20/h6-7,10-11,15H,5,8-9,18H2,1-4H3. The smallest absolute Gasteiger partial charge is 0.247 e. The summed E-state index contributed by atoms with van der Waals surface area (Å²) in [6.07, 6.45) is 3.42. The molecule has 0 aliphatic rings. The summed E-state index contributed by atoms with van der Waals surface area (Å²) in [6.45, 7) is 2.84. The molecule has 1 unspecified atom stereocenters. The fraction of sp³-hybridized carbons (Fsp3) is 0.471. The molecular weight excluding hydrogens is 278 g/mol. The van der Waals surface area contributed by atoms with Crippen molar-refractivity contribution in [3.8, 4) is 5.75 Å². The van der Waals surface area contributed by atoms with Crippen molar-refractivity contribution >= 4 is 16.8 Å². The van der Waals surface area contributed by atoms with E-state index in [9.17, 15) is 4.79 Å². The minimum atomic E-state index is -0.473. The Balaban J connectivity index is 2.50. The fourth-order valence-electron chi connectivity index (χ4n) is 2.48. The normalized spacial score (nSPS) is 12.8. The highest BCUT2D eigenvalue weighted by Gasteiger charge is 2.18. The van der Waals surface area contributed by atoms with Gasteiger partial charge in [0.1, 0.15) is 5.75 Å². The predicted octanol–water partition coefficient (Wildman–Crippen LogP) is 2.13. The van der Waals surface area contributed by atoms with Gasteiger partial charge in [0, 0.05) is 18.1 Å². The lowest BCUT2D eigenvalue weighted by molar-refractivity contribution is 0.0882. The minimum Gasteiger partial charge on any atom is -0.497 e. The number of likely N-dealkylation sites (N-methyl/N-ethyl adjacent to an activating group) is 1. The highest BCUT2D eigenvalue weighted by molar-refractivity contribution is 5.97. The molecule has 0 radical (unpaired) electrons. The topological polar surface area (TPSA) is 60.5 Å². The van der Waals surface area contributed by atoms with E-state index in [4.69, 9.17) is 10.5 Å². The first-order chi connectivity index (χ1) is 10.5. The number of ether oxygens (including phenoxy) is 1. The van der Waals surface area contributed by atoms with Crippen LogP contribution in [0.1, 0.15) is 23.7 Å². The number of rotatable bonds is 6. The molecule has 22 heavy (non-hydrogen) atoms. The average molecular weight is 303 g/mol. The second kappa shape index (κ2) is 6.94. The summed E-state index contributed by atoms with van der Waals surface area (Å²) in [5, 5.41) is 1.05. The molecule has 5 nitrogen and oxygen atoms in total. The van der Waals surface area contributed by atoms with Gasteiger partial charge in [-0.25, -0.2) is 0 Å². The van der Waals surface area contributed by atoms with E-state index >= 15 is 0 Å². The Labute approximate surface area is 131 Å². The van der Waals surface area contributed by atoms with Crippen LogP contribution in [0.15, 0.2) is 24.4 Å². The summed E-state index contributed by atoms with van der Waals surface area (Å²) < 4.78 is 7.00. The van der Waals surface area contributed by atoms with E-state index < -0.39 is 6.04 Å². The average Bonchev–Trinajstić information content (AvgIpc) is 2.89. The zero-order chi connectivity index (χ0) is 16.3. The molecule has 1 heterocycles. The minimum absolute atomic E-state index is 0.0613. The van der Waals surface area contributed by atoms with Crippen LogP contribution in [0.25, 0.3) is 10.9 Å². The summed E-state index contributed by atoms with van der Waals surface area (Å²) in [5.41, 5.74) is 7.95. The van der Waals surface area contributed by atoms with Crippen LogP contribution in [0, 0.1) is 0 Å². The highest BCUT2D eigenvalue weighted by atomic mass is 16.5. The monoisotopic (exact) mass is 303 g/mol. The maximum atomic E-state index is 12.5. The third-order valence-corrected chi connectivity index (χ3v) is 3.92. The molecular formula is C17H25N3O2. The lowest BCUT2D eigenvalue weighted by Crippen LogP contribution is -2.33. The van der Waals surface area contributed by atoms with Gasteiger partial charge in [-0.2, -0.15) is 0 Å². The number of carbonyl (C=O) groups excluding carboxylic acids is 1. The van der Waals surface area contributed by atoms with Crippen molar-refractivity contribution < 1.29 is 9.53 Å². The number of carbonyl (C=O) groups is 1. The number of benzene rings is 1. The van der Waals surface area contributed by atoms with Crippen LogP contribution < -0.4 is 10.5 Å². The molecule has 0 amide bonds. The van der Waals surface area contributed by atoms with Crippen molar-refractivity contribution in [2.45, 2.75) is 25.8 Å². The van der Waals surface area contributed by atoms with Gasteiger partial charge in [-0.05, 0) is 50.7 Å². The van der Waals surface area contributed by atoms with Crippen LogP contribution in [0.4, 0.5) is 0 Å². The van der Waals surface area contributed by atoms with Crippen molar-refractivity contribution in [3.63, 3.8) is 0 Å². The molecule has 0 bridgehead atoms. The Morgan fingerprint density at radius 2 is 2.14 bits per heavy atom. The van der Waals surface area contributed by atoms with E-state index in [0.717, 1.165) is 35.2 Å². The Morgan fingerprint density at radius 3 is 2.73 bits per heavy atom. The van der Waals surface area contributed by atoms with Gasteiger partial charge >= 0.3 is 0 Å². The van der Waals surface area contributed by atoms with Crippen LogP contribution in [-0.4, -0.2) is 49.2 Å². The molecule has 0 aliphatic heterocycles. The number of aromatic nitrogens is 1. The maximum absolute atomic E-state index is 12.5. The zero-order valence-corrected chi connectivity index (χ0v) is 13.8. The molecule has 0 saturated carbocycles. The van der Waals surface area contributed by atoms with Gasteiger partial charge in [-0.15, -0.1) is 0 Å². The number of hydrogen-bond donors (Lipinski definition) is 1. The first kappa shape index (κ1) is 16.5. The van der Waals surface area contributed by atoms with E-state index in [-0.39, 0.29) is 5.91 Å². The molecule has 0 spiro atoms. The SMILES string of the molecule is CCC(N)C(=O)n1cc(CCN(C)C)c2cc(OC)ccc21. The second-order valence-electron chi connectivity index (χ2n) is 5.81. The van der Waals surface area contributed by atoms with Crippen LogP contribution in [-0.2, 0) is 6.42 Å². The summed E-state index contributed by atoms with van der Waals surface area (Å²) in [6, 6.07) is 5.31. The maximum Gasteiger partial charge on any atom is 0.247 e. The molecule has 120 valence electrons. The van der Waals surface area contributed by atoms with E-state index in [2.05, 4.69) is 4.90 Å². The molecule has 5 heteroatoms. The van der Waals surface area contributed by atoms with Crippen molar-refractivity contribution in [2.75, 3.05) is 27.7 Å². The van der Waals surface area contributed by atoms with Gasteiger partial charge in [0.15, 0.2) is 0 Å². The van der Waals surface area contributed by atoms with E-state index in [1.54, 1.807) is 11.7 Å². The van der Waals surface area contributed by atoms with Crippen LogP contribution in [0.5, 0.6) is 5.75 Å². The molecule has 0 aliphatic carbocycles. The molecule has 2 N–H and O–H groups in total. The molecule has 1 aromatic carbocycles. The van der Waals surface area contributed by atoms with Crippen LogP contribution >= 0.6 is 0 Å². The zero-order valence-electron chi connectivity index (χ0n) is 13.8.